The molecule has 0 aliphatic heterocycles. The van der Waals surface area contributed by atoms with Crippen LogP contribution in [0.15, 0.2) is 79.3 Å². The number of pyridine rings is 2. The fraction of sp³-hybridized carbons (Fsp3) is 0.115. The van der Waals surface area contributed by atoms with Crippen molar-refractivity contribution in [2.75, 3.05) is 0 Å². The van der Waals surface area contributed by atoms with E-state index < -0.39 is 0 Å². The highest BCUT2D eigenvalue weighted by atomic mass is 15.5. The zero-order chi connectivity index (χ0) is 21.9. The molecule has 5 rings (SSSR count). The van der Waals surface area contributed by atoms with E-state index in [1.165, 1.54) is 5.56 Å². The second-order valence-corrected chi connectivity index (χ2v) is 7.95. The van der Waals surface area contributed by atoms with Crippen LogP contribution in [0.25, 0.3) is 33.7 Å². The van der Waals surface area contributed by atoms with Crippen molar-refractivity contribution in [3.8, 4) is 11.1 Å². The van der Waals surface area contributed by atoms with Crippen molar-refractivity contribution in [2.24, 2.45) is 0 Å². The van der Waals surface area contributed by atoms with Crippen LogP contribution >= 0.6 is 0 Å². The summed E-state index contributed by atoms with van der Waals surface area (Å²) in [6.45, 7) is 4.43. The summed E-state index contributed by atoms with van der Waals surface area (Å²) in [5.74, 6) is 0.966. The molecule has 156 valence electrons. The number of nitrogens with one attached hydrogen (secondary N) is 1. The van der Waals surface area contributed by atoms with Gasteiger partial charge in [-0.15, -0.1) is 10.2 Å². The molecule has 0 saturated carbocycles. The van der Waals surface area contributed by atoms with Crippen molar-refractivity contribution >= 4 is 22.6 Å². The molecule has 0 fully saturated rings. The molecular weight excluding hydrogens is 396 g/mol. The zero-order valence-corrected chi connectivity index (χ0v) is 17.9. The average molecular weight is 419 g/mol. The Morgan fingerprint density at radius 2 is 1.81 bits per heavy atom. The number of fused-ring (bicyclic) bond motifs is 1. The summed E-state index contributed by atoms with van der Waals surface area (Å²) in [6, 6.07) is 20.9. The van der Waals surface area contributed by atoms with Crippen LogP contribution in [0.1, 0.15) is 42.3 Å². The number of aromatic amines is 1. The summed E-state index contributed by atoms with van der Waals surface area (Å²) in [7, 11) is 0. The summed E-state index contributed by atoms with van der Waals surface area (Å²) in [4.78, 5) is 8.80. The molecule has 0 bridgehead atoms. The first kappa shape index (κ1) is 19.8. The maximum atomic E-state index is 4.68. The topological polar surface area (TPSA) is 80.2 Å². The molecule has 0 radical (unpaired) electrons. The second-order valence-electron chi connectivity index (χ2n) is 7.95. The SMILES string of the molecule is CC(C)c1cc(-c2cccc(/C=C(/c3ccncc3)c3nn[nH]n3)c2)c2ncccc2c1. The lowest BCUT2D eigenvalue weighted by atomic mass is 9.93. The summed E-state index contributed by atoms with van der Waals surface area (Å²) >= 11 is 0. The summed E-state index contributed by atoms with van der Waals surface area (Å²) in [5, 5.41) is 15.8. The van der Waals surface area contributed by atoms with Crippen LogP contribution in [0, 0.1) is 0 Å². The fourth-order valence-electron chi connectivity index (χ4n) is 3.82. The number of benzene rings is 2. The summed E-state index contributed by atoms with van der Waals surface area (Å²) < 4.78 is 0. The molecule has 0 unspecified atom stereocenters. The van der Waals surface area contributed by atoms with Gasteiger partial charge in [-0.05, 0) is 75.9 Å². The van der Waals surface area contributed by atoms with E-state index in [0.29, 0.717) is 11.7 Å². The standard InChI is InChI=1S/C26H22N6/c1-17(2)22-15-21-7-4-10-28-25(21)23(16-22)20-6-3-5-18(13-20)14-24(26-29-31-32-30-26)19-8-11-27-12-9-19/h3-17H,1-2H3,(H,29,30,31,32)/b24-14-. The second kappa shape index (κ2) is 8.51. The van der Waals surface area contributed by atoms with Crippen molar-refractivity contribution in [1.82, 2.24) is 30.6 Å². The quantitative estimate of drug-likeness (QED) is 0.406. The van der Waals surface area contributed by atoms with Crippen LogP contribution in [-0.2, 0) is 0 Å². The Balaban J connectivity index is 1.66. The normalized spacial score (nSPS) is 11.9. The predicted molar refractivity (Wildman–Crippen MR) is 127 cm³/mol. The molecule has 6 heteroatoms. The van der Waals surface area contributed by atoms with Crippen molar-refractivity contribution in [3.63, 3.8) is 0 Å². The molecular formula is C26H22N6. The Kier molecular flexibility index (Phi) is 5.25. The van der Waals surface area contributed by atoms with Gasteiger partial charge in [0.1, 0.15) is 0 Å². The maximum Gasteiger partial charge on any atom is 0.205 e. The molecule has 3 aromatic heterocycles. The lowest BCUT2D eigenvalue weighted by molar-refractivity contribution is 0.869. The summed E-state index contributed by atoms with van der Waals surface area (Å²) in [5.41, 5.74) is 7.44. The number of H-pyrrole nitrogens is 1. The van der Waals surface area contributed by atoms with Crippen LogP contribution in [-0.4, -0.2) is 30.6 Å². The Labute approximate surface area is 186 Å². The highest BCUT2D eigenvalue weighted by Crippen LogP contribution is 2.32. The lowest BCUT2D eigenvalue weighted by Gasteiger charge is -2.13. The Morgan fingerprint density at radius 3 is 2.59 bits per heavy atom. The molecule has 0 atom stereocenters. The third-order valence-corrected chi connectivity index (χ3v) is 5.48. The van der Waals surface area contributed by atoms with Crippen LogP contribution < -0.4 is 0 Å². The van der Waals surface area contributed by atoms with Gasteiger partial charge < -0.3 is 0 Å². The van der Waals surface area contributed by atoms with Crippen LogP contribution in [0.5, 0.6) is 0 Å². The van der Waals surface area contributed by atoms with E-state index in [1.54, 1.807) is 12.4 Å². The number of aromatic nitrogens is 6. The van der Waals surface area contributed by atoms with E-state index in [1.807, 2.05) is 24.4 Å². The van der Waals surface area contributed by atoms with E-state index in [2.05, 4.69) is 93.0 Å². The van der Waals surface area contributed by atoms with Gasteiger partial charge >= 0.3 is 0 Å². The molecule has 0 saturated heterocycles. The van der Waals surface area contributed by atoms with Crippen LogP contribution in [0.3, 0.4) is 0 Å². The first-order chi connectivity index (χ1) is 15.7. The predicted octanol–water partition coefficient (Wildman–Crippen LogP) is 5.52. The Hall–Kier alpha value is -4.19. The van der Waals surface area contributed by atoms with E-state index in [0.717, 1.165) is 38.7 Å². The van der Waals surface area contributed by atoms with Crippen molar-refractivity contribution in [2.45, 2.75) is 19.8 Å². The highest BCUT2D eigenvalue weighted by Gasteiger charge is 2.12. The minimum atomic E-state index is 0.429. The van der Waals surface area contributed by atoms with Gasteiger partial charge in [0.25, 0.3) is 0 Å². The minimum absolute atomic E-state index is 0.429. The monoisotopic (exact) mass is 418 g/mol. The molecule has 5 aromatic rings. The van der Waals surface area contributed by atoms with Gasteiger partial charge in [0, 0.05) is 35.1 Å². The smallest absolute Gasteiger partial charge is 0.205 e. The first-order valence-corrected chi connectivity index (χ1v) is 10.5. The average Bonchev–Trinajstić information content (AvgIpc) is 3.37. The van der Waals surface area contributed by atoms with E-state index >= 15 is 0 Å². The van der Waals surface area contributed by atoms with Gasteiger partial charge in [0.15, 0.2) is 0 Å². The van der Waals surface area contributed by atoms with Gasteiger partial charge in [-0.1, -0.05) is 38.1 Å². The van der Waals surface area contributed by atoms with Crippen molar-refractivity contribution in [1.29, 1.82) is 0 Å². The van der Waals surface area contributed by atoms with Crippen molar-refractivity contribution < 1.29 is 0 Å². The number of hydrogen-bond donors (Lipinski definition) is 1. The first-order valence-electron chi connectivity index (χ1n) is 10.5. The minimum Gasteiger partial charge on any atom is -0.265 e. The van der Waals surface area contributed by atoms with Crippen LogP contribution in [0.2, 0.25) is 0 Å². The maximum absolute atomic E-state index is 4.68. The molecule has 32 heavy (non-hydrogen) atoms. The molecule has 6 nitrogen and oxygen atoms in total. The Morgan fingerprint density at radius 1 is 0.938 bits per heavy atom. The largest absolute Gasteiger partial charge is 0.265 e. The van der Waals surface area contributed by atoms with E-state index in [4.69, 9.17) is 0 Å². The molecule has 0 aliphatic carbocycles. The molecule has 0 spiro atoms. The van der Waals surface area contributed by atoms with E-state index in [9.17, 15) is 0 Å². The van der Waals surface area contributed by atoms with Crippen LogP contribution in [0.4, 0.5) is 0 Å². The number of rotatable bonds is 5. The zero-order valence-electron chi connectivity index (χ0n) is 17.9. The van der Waals surface area contributed by atoms with Gasteiger partial charge in [0.05, 0.1) is 5.52 Å². The molecule has 0 aliphatic rings. The Bertz CT molecular complexity index is 1390. The third-order valence-electron chi connectivity index (χ3n) is 5.48. The highest BCUT2D eigenvalue weighted by molar-refractivity contribution is 5.95. The van der Waals surface area contributed by atoms with Gasteiger partial charge in [-0.2, -0.15) is 5.21 Å². The lowest BCUT2D eigenvalue weighted by Crippen LogP contribution is -1.93. The van der Waals surface area contributed by atoms with Gasteiger partial charge in [-0.25, -0.2) is 0 Å². The molecule has 2 aromatic carbocycles. The molecule has 1 N–H and O–H groups in total. The molecule has 0 amide bonds. The van der Waals surface area contributed by atoms with Gasteiger partial charge in [-0.3, -0.25) is 9.97 Å². The number of tetrazole rings is 1. The number of nitrogens with zero attached hydrogens (tertiary/aromatic N) is 5. The molecule has 3 heterocycles. The van der Waals surface area contributed by atoms with E-state index in [-0.39, 0.29) is 0 Å². The van der Waals surface area contributed by atoms with Crippen molar-refractivity contribution in [3.05, 3.63) is 102 Å². The summed E-state index contributed by atoms with van der Waals surface area (Å²) in [6.07, 6.45) is 7.44. The van der Waals surface area contributed by atoms with Gasteiger partial charge in [0.2, 0.25) is 5.82 Å². The number of hydrogen-bond acceptors (Lipinski definition) is 5. The fourth-order valence-corrected chi connectivity index (χ4v) is 3.82. The third kappa shape index (κ3) is 3.90.